The van der Waals surface area contributed by atoms with E-state index >= 15 is 0 Å². The normalized spacial score (nSPS) is 10.3. The zero-order valence-electron chi connectivity index (χ0n) is 7.46. The summed E-state index contributed by atoms with van der Waals surface area (Å²) in [5, 5.41) is 10.6. The quantitative estimate of drug-likeness (QED) is 0.424. The van der Waals surface area contributed by atoms with E-state index in [4.69, 9.17) is 16.8 Å². The molecule has 0 bridgehead atoms. The lowest BCUT2D eigenvalue weighted by Gasteiger charge is -1.95. The minimum absolute atomic E-state index is 0.0941. The molecular weight excluding hydrogens is 193 g/mol. The number of hydrogen-bond acceptors (Lipinski definition) is 2. The van der Waals surface area contributed by atoms with Gasteiger partial charge in [-0.2, -0.15) is 0 Å². The van der Waals surface area contributed by atoms with Gasteiger partial charge in [-0.1, -0.05) is 42.7 Å². The summed E-state index contributed by atoms with van der Waals surface area (Å²) in [6.07, 6.45) is 0. The zero-order valence-corrected chi connectivity index (χ0v) is 8.22. The van der Waals surface area contributed by atoms with Crippen molar-refractivity contribution < 1.29 is 9.60 Å². The van der Waals surface area contributed by atoms with Crippen molar-refractivity contribution in [2.75, 3.05) is 0 Å². The Kier molecular flexibility index (Phi) is 5.89. The van der Waals surface area contributed by atoms with Gasteiger partial charge in [-0.05, 0) is 12.1 Å². The highest BCUT2D eigenvalue weighted by Gasteiger charge is 2.04. The second-order valence-electron chi connectivity index (χ2n) is 1.87. The van der Waals surface area contributed by atoms with Gasteiger partial charge in [-0.15, -0.1) is 0 Å². The van der Waals surface area contributed by atoms with Gasteiger partial charge in [0, 0.05) is 0 Å². The molecule has 1 rings (SSSR count). The molecular formula is C9H11ClFNO. The Hall–Kier alpha value is -1.09. The molecule has 0 saturated carbocycles. The number of rotatable bonds is 1. The largest absolute Gasteiger partial charge is 0.410 e. The highest BCUT2D eigenvalue weighted by atomic mass is 35.5. The molecule has 1 N–H and O–H groups in total. The lowest BCUT2D eigenvalue weighted by atomic mass is 10.2. The van der Waals surface area contributed by atoms with E-state index in [1.165, 1.54) is 18.2 Å². The maximum absolute atomic E-state index is 12.8. The van der Waals surface area contributed by atoms with Gasteiger partial charge in [0.2, 0.25) is 0 Å². The molecule has 0 aliphatic heterocycles. The summed E-state index contributed by atoms with van der Waals surface area (Å²) < 4.78 is 12.8. The summed E-state index contributed by atoms with van der Waals surface area (Å²) in [5.74, 6) is -0.504. The first-order valence-corrected chi connectivity index (χ1v) is 4.26. The van der Waals surface area contributed by atoms with Crippen LogP contribution in [0.1, 0.15) is 19.4 Å². The van der Waals surface area contributed by atoms with Crippen molar-refractivity contribution in [2.45, 2.75) is 13.8 Å². The number of halogens is 2. The predicted octanol–water partition coefficient (Wildman–Crippen LogP) is 3.23. The van der Waals surface area contributed by atoms with Crippen molar-refractivity contribution in [1.29, 1.82) is 0 Å². The monoisotopic (exact) mass is 203 g/mol. The van der Waals surface area contributed by atoms with E-state index in [0.29, 0.717) is 0 Å². The van der Waals surface area contributed by atoms with Gasteiger partial charge >= 0.3 is 0 Å². The van der Waals surface area contributed by atoms with E-state index in [1.54, 1.807) is 6.07 Å². The molecule has 1 aromatic carbocycles. The van der Waals surface area contributed by atoms with E-state index < -0.39 is 5.82 Å². The minimum atomic E-state index is -0.504. The van der Waals surface area contributed by atoms with Crippen molar-refractivity contribution in [1.82, 2.24) is 0 Å². The molecule has 13 heavy (non-hydrogen) atoms. The first-order chi connectivity index (χ1) is 6.25. The summed E-state index contributed by atoms with van der Waals surface area (Å²) in [5.41, 5.74) is 0.0941. The third kappa shape index (κ3) is 3.42. The van der Waals surface area contributed by atoms with Crippen LogP contribution >= 0.6 is 11.6 Å². The Bertz CT molecular complexity index is 289. The third-order valence-corrected chi connectivity index (χ3v) is 1.46. The van der Waals surface area contributed by atoms with Crippen LogP contribution in [0.25, 0.3) is 0 Å². The standard InChI is InChI=1S/C7H5ClFNO.C2H6/c8-7(10-11)5-3-1-2-4-6(5)9;1-2/h1-4,11H;1-2H3/b10-7-;. The zero-order chi connectivity index (χ0) is 10.3. The molecule has 0 atom stereocenters. The van der Waals surface area contributed by atoms with Crippen LogP contribution in [-0.2, 0) is 0 Å². The van der Waals surface area contributed by atoms with E-state index in [2.05, 4.69) is 5.16 Å². The van der Waals surface area contributed by atoms with Gasteiger partial charge < -0.3 is 5.21 Å². The van der Waals surface area contributed by atoms with Crippen LogP contribution in [-0.4, -0.2) is 10.4 Å². The topological polar surface area (TPSA) is 32.6 Å². The molecule has 0 aromatic heterocycles. The summed E-state index contributed by atoms with van der Waals surface area (Å²) >= 11 is 5.36. The molecule has 0 radical (unpaired) electrons. The fourth-order valence-corrected chi connectivity index (χ4v) is 0.836. The Morgan fingerprint density at radius 2 is 1.92 bits per heavy atom. The molecule has 0 spiro atoms. The summed E-state index contributed by atoms with van der Waals surface area (Å²) in [6.45, 7) is 4.00. The summed E-state index contributed by atoms with van der Waals surface area (Å²) in [6, 6.07) is 5.80. The maximum atomic E-state index is 12.8. The van der Waals surface area contributed by atoms with Gasteiger partial charge in [0.15, 0.2) is 5.17 Å². The van der Waals surface area contributed by atoms with Crippen LogP contribution in [0.3, 0.4) is 0 Å². The molecule has 0 saturated heterocycles. The molecule has 2 nitrogen and oxygen atoms in total. The molecule has 1 aromatic rings. The SMILES string of the molecule is CC.O/N=C(\Cl)c1ccccc1F. The molecule has 0 aliphatic carbocycles. The smallest absolute Gasteiger partial charge is 0.178 e. The van der Waals surface area contributed by atoms with Crippen LogP contribution in [0.4, 0.5) is 4.39 Å². The first-order valence-electron chi connectivity index (χ1n) is 3.88. The highest BCUT2D eigenvalue weighted by Crippen LogP contribution is 2.09. The van der Waals surface area contributed by atoms with Gasteiger partial charge in [-0.25, -0.2) is 4.39 Å². The fourth-order valence-electron chi connectivity index (χ4n) is 0.682. The third-order valence-electron chi connectivity index (χ3n) is 1.18. The number of oxime groups is 1. The molecule has 0 heterocycles. The Labute approximate surface area is 81.6 Å². The van der Waals surface area contributed by atoms with Crippen molar-refractivity contribution in [3.8, 4) is 0 Å². The van der Waals surface area contributed by atoms with Gasteiger partial charge in [-0.3, -0.25) is 0 Å². The first kappa shape index (κ1) is 11.9. The summed E-state index contributed by atoms with van der Waals surface area (Å²) in [4.78, 5) is 0. The lowest BCUT2D eigenvalue weighted by molar-refractivity contribution is 0.320. The van der Waals surface area contributed by atoms with Crippen molar-refractivity contribution in [2.24, 2.45) is 5.16 Å². The van der Waals surface area contributed by atoms with E-state index in [9.17, 15) is 4.39 Å². The summed E-state index contributed by atoms with van der Waals surface area (Å²) in [7, 11) is 0. The second kappa shape index (κ2) is 6.43. The minimum Gasteiger partial charge on any atom is -0.410 e. The predicted molar refractivity (Wildman–Crippen MR) is 51.9 cm³/mol. The van der Waals surface area contributed by atoms with E-state index in [1.807, 2.05) is 13.8 Å². The molecule has 0 unspecified atom stereocenters. The van der Waals surface area contributed by atoms with Crippen LogP contribution in [0.2, 0.25) is 0 Å². The van der Waals surface area contributed by atoms with Crippen molar-refractivity contribution >= 4 is 16.8 Å². The molecule has 4 heteroatoms. The average molecular weight is 204 g/mol. The van der Waals surface area contributed by atoms with Crippen LogP contribution in [0.5, 0.6) is 0 Å². The lowest BCUT2D eigenvalue weighted by Crippen LogP contribution is -1.94. The van der Waals surface area contributed by atoms with E-state index in [0.717, 1.165) is 0 Å². The average Bonchev–Trinajstić information content (AvgIpc) is 2.20. The number of benzene rings is 1. The van der Waals surface area contributed by atoms with Gasteiger partial charge in [0.1, 0.15) is 5.82 Å². The Balaban J connectivity index is 0.000000671. The number of nitrogens with zero attached hydrogens (tertiary/aromatic N) is 1. The Morgan fingerprint density at radius 3 is 2.38 bits per heavy atom. The maximum Gasteiger partial charge on any atom is 0.178 e. The Morgan fingerprint density at radius 1 is 1.38 bits per heavy atom. The number of hydrogen-bond donors (Lipinski definition) is 1. The second-order valence-corrected chi connectivity index (χ2v) is 2.23. The van der Waals surface area contributed by atoms with Crippen molar-refractivity contribution in [3.05, 3.63) is 35.6 Å². The van der Waals surface area contributed by atoms with Crippen LogP contribution in [0, 0.1) is 5.82 Å². The van der Waals surface area contributed by atoms with E-state index in [-0.39, 0.29) is 10.7 Å². The van der Waals surface area contributed by atoms with Gasteiger partial charge in [0.05, 0.1) is 5.56 Å². The molecule has 72 valence electrons. The molecule has 0 fully saturated rings. The van der Waals surface area contributed by atoms with Gasteiger partial charge in [0.25, 0.3) is 0 Å². The van der Waals surface area contributed by atoms with Crippen LogP contribution in [0.15, 0.2) is 29.4 Å². The molecule has 0 amide bonds. The van der Waals surface area contributed by atoms with Crippen LogP contribution < -0.4 is 0 Å². The van der Waals surface area contributed by atoms with Crippen molar-refractivity contribution in [3.63, 3.8) is 0 Å². The fraction of sp³-hybridized carbons (Fsp3) is 0.222. The highest BCUT2D eigenvalue weighted by molar-refractivity contribution is 6.69. The molecule has 0 aliphatic rings.